The molecule has 0 atom stereocenters. The van der Waals surface area contributed by atoms with Gasteiger partial charge >= 0.3 is 0 Å². The molecular formula is C10H8INS. The van der Waals surface area contributed by atoms with Gasteiger partial charge < -0.3 is 4.98 Å². The summed E-state index contributed by atoms with van der Waals surface area (Å²) in [6, 6.07) is 8.25. The van der Waals surface area contributed by atoms with Crippen LogP contribution < -0.4 is 0 Å². The summed E-state index contributed by atoms with van der Waals surface area (Å²) in [6.45, 7) is 2.02. The molecule has 0 saturated carbocycles. The van der Waals surface area contributed by atoms with E-state index < -0.39 is 0 Å². The molecule has 0 radical (unpaired) electrons. The number of fused-ring (bicyclic) bond motifs is 1. The lowest BCUT2D eigenvalue weighted by Crippen LogP contribution is -1.84. The van der Waals surface area contributed by atoms with E-state index in [-0.39, 0.29) is 0 Å². The Labute approximate surface area is 95.3 Å². The predicted molar refractivity (Wildman–Crippen MR) is 66.6 cm³/mol. The van der Waals surface area contributed by atoms with Gasteiger partial charge in [-0.15, -0.1) is 0 Å². The highest BCUT2D eigenvalue weighted by Gasteiger charge is 1.97. The van der Waals surface area contributed by atoms with Crippen LogP contribution in [0.1, 0.15) is 5.69 Å². The molecule has 0 aliphatic carbocycles. The number of hydrogen-bond donors (Lipinski definition) is 1. The molecule has 13 heavy (non-hydrogen) atoms. The van der Waals surface area contributed by atoms with Gasteiger partial charge in [0.2, 0.25) is 0 Å². The fraction of sp³-hybridized carbons (Fsp3) is 0.100. The fourth-order valence-electron chi connectivity index (χ4n) is 1.35. The van der Waals surface area contributed by atoms with Gasteiger partial charge in [0, 0.05) is 24.7 Å². The number of aryl methyl sites for hydroxylation is 1. The van der Waals surface area contributed by atoms with Gasteiger partial charge in [-0.05, 0) is 53.8 Å². The number of halogens is 1. The molecule has 0 aliphatic rings. The van der Waals surface area contributed by atoms with E-state index in [9.17, 15) is 0 Å². The Morgan fingerprint density at radius 2 is 2.08 bits per heavy atom. The van der Waals surface area contributed by atoms with Crippen LogP contribution in [0.3, 0.4) is 0 Å². The third kappa shape index (κ3) is 1.76. The SMILES string of the molecule is Cc1cc(=S)c2cc(I)ccc2[nH]1. The molecule has 3 heteroatoms. The van der Waals surface area contributed by atoms with Crippen LogP contribution in [-0.4, -0.2) is 4.98 Å². The van der Waals surface area contributed by atoms with E-state index in [2.05, 4.69) is 45.8 Å². The first kappa shape index (κ1) is 9.15. The highest BCUT2D eigenvalue weighted by atomic mass is 127. The van der Waals surface area contributed by atoms with Gasteiger partial charge in [-0.1, -0.05) is 12.2 Å². The van der Waals surface area contributed by atoms with Crippen LogP contribution in [0.5, 0.6) is 0 Å². The molecular weight excluding hydrogens is 293 g/mol. The predicted octanol–water partition coefficient (Wildman–Crippen LogP) is 3.81. The van der Waals surface area contributed by atoms with Gasteiger partial charge in [-0.3, -0.25) is 0 Å². The Morgan fingerprint density at radius 1 is 1.31 bits per heavy atom. The summed E-state index contributed by atoms with van der Waals surface area (Å²) < 4.78 is 2.14. The van der Waals surface area contributed by atoms with Crippen molar-refractivity contribution in [1.82, 2.24) is 4.98 Å². The first-order valence-electron chi connectivity index (χ1n) is 3.96. The average molecular weight is 301 g/mol. The molecule has 1 aromatic heterocycles. The molecule has 1 N–H and O–H groups in total. The number of benzene rings is 1. The number of rotatable bonds is 0. The largest absolute Gasteiger partial charge is 0.359 e. The maximum atomic E-state index is 5.28. The maximum Gasteiger partial charge on any atom is 0.0487 e. The van der Waals surface area contributed by atoms with Gasteiger partial charge in [0.1, 0.15) is 0 Å². The second-order valence-corrected chi connectivity index (χ2v) is 4.69. The summed E-state index contributed by atoms with van der Waals surface area (Å²) >= 11 is 7.57. The molecule has 0 bridgehead atoms. The topological polar surface area (TPSA) is 15.8 Å². The zero-order chi connectivity index (χ0) is 9.42. The van der Waals surface area contributed by atoms with Crippen molar-refractivity contribution in [1.29, 1.82) is 0 Å². The van der Waals surface area contributed by atoms with Crippen molar-refractivity contribution >= 4 is 45.7 Å². The van der Waals surface area contributed by atoms with Crippen molar-refractivity contribution in [3.63, 3.8) is 0 Å². The minimum atomic E-state index is 0.921. The Hall–Kier alpha value is -0.420. The van der Waals surface area contributed by atoms with E-state index in [1.165, 1.54) is 3.57 Å². The monoisotopic (exact) mass is 301 g/mol. The number of hydrogen-bond acceptors (Lipinski definition) is 1. The van der Waals surface area contributed by atoms with Crippen molar-refractivity contribution in [2.75, 3.05) is 0 Å². The minimum absolute atomic E-state index is 0.921. The number of pyridine rings is 1. The molecule has 1 nitrogen and oxygen atoms in total. The molecule has 66 valence electrons. The molecule has 2 rings (SSSR count). The van der Waals surface area contributed by atoms with Crippen LogP contribution in [0.15, 0.2) is 24.3 Å². The molecule has 0 amide bonds. The van der Waals surface area contributed by atoms with E-state index in [0.717, 1.165) is 21.1 Å². The second-order valence-electron chi connectivity index (χ2n) is 3.01. The van der Waals surface area contributed by atoms with Crippen LogP contribution in [0.25, 0.3) is 10.9 Å². The lowest BCUT2D eigenvalue weighted by Gasteiger charge is -2.01. The number of aromatic nitrogens is 1. The lowest BCUT2D eigenvalue weighted by atomic mass is 10.2. The normalized spacial score (nSPS) is 10.6. The summed E-state index contributed by atoms with van der Waals surface area (Å²) in [7, 11) is 0. The van der Waals surface area contributed by atoms with Gasteiger partial charge in [-0.25, -0.2) is 0 Å². The van der Waals surface area contributed by atoms with Crippen LogP contribution >= 0.6 is 34.8 Å². The van der Waals surface area contributed by atoms with Crippen LogP contribution in [0, 0.1) is 15.0 Å². The highest BCUT2D eigenvalue weighted by molar-refractivity contribution is 14.1. The Morgan fingerprint density at radius 3 is 2.85 bits per heavy atom. The first-order valence-corrected chi connectivity index (χ1v) is 5.45. The molecule has 2 aromatic rings. The van der Waals surface area contributed by atoms with Gasteiger partial charge in [0.05, 0.1) is 0 Å². The number of aromatic amines is 1. The molecule has 0 fully saturated rings. The lowest BCUT2D eigenvalue weighted by molar-refractivity contribution is 1.25. The quantitative estimate of drug-likeness (QED) is 0.578. The second kappa shape index (κ2) is 3.38. The summed E-state index contributed by atoms with van der Waals surface area (Å²) in [5.74, 6) is 0. The third-order valence-electron chi connectivity index (χ3n) is 1.93. The van der Waals surface area contributed by atoms with Crippen molar-refractivity contribution in [2.24, 2.45) is 0 Å². The highest BCUT2D eigenvalue weighted by Crippen LogP contribution is 2.17. The van der Waals surface area contributed by atoms with Gasteiger partial charge in [-0.2, -0.15) is 0 Å². The van der Waals surface area contributed by atoms with Crippen LogP contribution in [-0.2, 0) is 0 Å². The van der Waals surface area contributed by atoms with Crippen molar-refractivity contribution < 1.29 is 0 Å². The molecule has 0 saturated heterocycles. The van der Waals surface area contributed by atoms with E-state index in [1.807, 2.05) is 13.0 Å². The van der Waals surface area contributed by atoms with E-state index >= 15 is 0 Å². The molecule has 0 aliphatic heterocycles. The summed E-state index contributed by atoms with van der Waals surface area (Å²) in [6.07, 6.45) is 0. The van der Waals surface area contributed by atoms with Gasteiger partial charge in [0.15, 0.2) is 0 Å². The minimum Gasteiger partial charge on any atom is -0.359 e. The van der Waals surface area contributed by atoms with Crippen LogP contribution in [0.2, 0.25) is 0 Å². The average Bonchev–Trinajstić information content (AvgIpc) is 2.06. The standard InChI is InChI=1S/C10H8INS/c1-6-4-10(13)8-5-7(11)2-3-9(8)12-6/h2-5H,1H3,(H,12,13). The fourth-order valence-corrected chi connectivity index (χ4v) is 2.19. The Balaban J connectivity index is 2.95. The smallest absolute Gasteiger partial charge is 0.0487 e. The Kier molecular flexibility index (Phi) is 2.38. The Bertz CT molecular complexity index is 516. The number of H-pyrrole nitrogens is 1. The van der Waals surface area contributed by atoms with Gasteiger partial charge in [0.25, 0.3) is 0 Å². The molecule has 1 aromatic carbocycles. The summed E-state index contributed by atoms with van der Waals surface area (Å²) in [5.41, 5.74) is 2.23. The van der Waals surface area contributed by atoms with E-state index in [0.29, 0.717) is 0 Å². The maximum absolute atomic E-state index is 5.28. The van der Waals surface area contributed by atoms with Crippen molar-refractivity contribution in [3.8, 4) is 0 Å². The summed E-state index contributed by atoms with van der Waals surface area (Å²) in [5, 5.41) is 1.13. The number of nitrogens with one attached hydrogen (secondary N) is 1. The zero-order valence-corrected chi connectivity index (χ0v) is 10.1. The van der Waals surface area contributed by atoms with Crippen LogP contribution in [0.4, 0.5) is 0 Å². The third-order valence-corrected chi connectivity index (χ3v) is 2.94. The summed E-state index contributed by atoms with van der Waals surface area (Å²) in [4.78, 5) is 3.29. The molecule has 0 spiro atoms. The van der Waals surface area contributed by atoms with E-state index in [1.54, 1.807) is 0 Å². The van der Waals surface area contributed by atoms with Crippen molar-refractivity contribution in [3.05, 3.63) is 38.0 Å². The zero-order valence-electron chi connectivity index (χ0n) is 7.10. The van der Waals surface area contributed by atoms with E-state index in [4.69, 9.17) is 12.2 Å². The van der Waals surface area contributed by atoms with Crippen molar-refractivity contribution in [2.45, 2.75) is 6.92 Å². The molecule has 0 unspecified atom stereocenters. The molecule has 1 heterocycles. The first-order chi connectivity index (χ1) is 6.16.